The summed E-state index contributed by atoms with van der Waals surface area (Å²) in [5, 5.41) is 3.13. The molecule has 2 amide bonds. The molecule has 0 unspecified atom stereocenters. The van der Waals surface area contributed by atoms with Crippen LogP contribution in [0.3, 0.4) is 0 Å². The first-order valence-corrected chi connectivity index (χ1v) is 13.5. The van der Waals surface area contributed by atoms with Gasteiger partial charge in [0.25, 0.3) is 5.91 Å². The lowest BCUT2D eigenvalue weighted by molar-refractivity contribution is -0.119. The van der Waals surface area contributed by atoms with Gasteiger partial charge in [0.05, 0.1) is 25.2 Å². The van der Waals surface area contributed by atoms with Gasteiger partial charge in [-0.2, -0.15) is 0 Å². The van der Waals surface area contributed by atoms with Gasteiger partial charge in [0.2, 0.25) is 5.91 Å². The number of hydrogen-bond acceptors (Lipinski definition) is 5. The number of hydrogen-bond donors (Lipinski definition) is 1. The van der Waals surface area contributed by atoms with Crippen molar-refractivity contribution in [3.05, 3.63) is 82.9 Å². The van der Waals surface area contributed by atoms with Crippen LogP contribution in [0.4, 0.5) is 5.69 Å². The summed E-state index contributed by atoms with van der Waals surface area (Å²) >= 11 is 1.62. The van der Waals surface area contributed by atoms with Gasteiger partial charge in [-0.25, -0.2) is 0 Å². The first kappa shape index (κ1) is 24.3. The molecule has 2 aliphatic rings. The molecule has 186 valence electrons. The van der Waals surface area contributed by atoms with Crippen molar-refractivity contribution in [3.63, 3.8) is 0 Å². The fourth-order valence-electron chi connectivity index (χ4n) is 5.27. The Balaban J connectivity index is 1.63. The lowest BCUT2D eigenvalue weighted by Crippen LogP contribution is -2.49. The number of amides is 2. The van der Waals surface area contributed by atoms with E-state index in [1.54, 1.807) is 11.8 Å². The van der Waals surface area contributed by atoms with Crippen molar-refractivity contribution in [2.45, 2.75) is 37.1 Å². The highest BCUT2D eigenvalue weighted by atomic mass is 32.2. The van der Waals surface area contributed by atoms with E-state index in [4.69, 9.17) is 9.47 Å². The molecule has 0 saturated heterocycles. The molecule has 0 radical (unpaired) electrons. The molecular formula is C29H30N2O4S. The van der Waals surface area contributed by atoms with E-state index in [9.17, 15) is 9.59 Å². The van der Waals surface area contributed by atoms with Crippen LogP contribution in [-0.2, 0) is 11.2 Å². The van der Waals surface area contributed by atoms with Crippen molar-refractivity contribution in [2.24, 2.45) is 0 Å². The van der Waals surface area contributed by atoms with Crippen molar-refractivity contribution in [1.29, 1.82) is 0 Å². The Labute approximate surface area is 216 Å². The summed E-state index contributed by atoms with van der Waals surface area (Å²) in [4.78, 5) is 30.5. The fourth-order valence-corrected chi connectivity index (χ4v) is 5.73. The van der Waals surface area contributed by atoms with Crippen LogP contribution in [-0.4, -0.2) is 42.7 Å². The number of nitrogens with zero attached hydrogens (tertiary/aromatic N) is 1. The summed E-state index contributed by atoms with van der Waals surface area (Å²) in [6.07, 6.45) is 2.70. The van der Waals surface area contributed by atoms with Crippen LogP contribution in [0.1, 0.15) is 52.9 Å². The molecule has 2 heterocycles. The summed E-state index contributed by atoms with van der Waals surface area (Å²) in [6, 6.07) is 18.8. The average molecular weight is 503 g/mol. The highest BCUT2D eigenvalue weighted by molar-refractivity contribution is 7.98. The second-order valence-electron chi connectivity index (χ2n) is 8.84. The Morgan fingerprint density at radius 1 is 1.00 bits per heavy atom. The highest BCUT2D eigenvalue weighted by Gasteiger charge is 2.46. The van der Waals surface area contributed by atoms with E-state index in [2.05, 4.69) is 5.32 Å². The van der Waals surface area contributed by atoms with Crippen LogP contribution in [0.2, 0.25) is 0 Å². The van der Waals surface area contributed by atoms with Gasteiger partial charge in [0, 0.05) is 22.7 Å². The molecule has 0 aliphatic carbocycles. The van der Waals surface area contributed by atoms with Crippen LogP contribution in [0, 0.1) is 0 Å². The third-order valence-corrected chi connectivity index (χ3v) is 7.53. The Kier molecular flexibility index (Phi) is 6.92. The molecule has 3 aromatic carbocycles. The summed E-state index contributed by atoms with van der Waals surface area (Å²) in [7, 11) is 0. The molecular weight excluding hydrogens is 472 g/mol. The number of benzene rings is 3. The van der Waals surface area contributed by atoms with E-state index in [0.717, 1.165) is 27.3 Å². The molecule has 5 rings (SSSR count). The standard InChI is InChI=1S/C29H30N2O4S/c1-4-34-24-15-18-13-14-31-27(23(18)17-25(24)35-5-2)26(21-11-6-7-12-22(21)29(31)33)28(32)30-19-9-8-10-20(16-19)36-3/h6-12,15-17,26-27H,4-5,13-14H2,1-3H3,(H,30,32)/t26-,27+/m0/s1. The third-order valence-electron chi connectivity index (χ3n) is 6.80. The van der Waals surface area contributed by atoms with Gasteiger partial charge in [-0.3, -0.25) is 9.59 Å². The van der Waals surface area contributed by atoms with Crippen molar-refractivity contribution >= 4 is 29.3 Å². The van der Waals surface area contributed by atoms with Crippen molar-refractivity contribution in [1.82, 2.24) is 4.90 Å². The van der Waals surface area contributed by atoms with Crippen molar-refractivity contribution in [2.75, 3.05) is 31.3 Å². The number of fused-ring (bicyclic) bond motifs is 4. The van der Waals surface area contributed by atoms with Gasteiger partial charge in [0.1, 0.15) is 0 Å². The van der Waals surface area contributed by atoms with E-state index in [-0.39, 0.29) is 11.8 Å². The Morgan fingerprint density at radius 2 is 1.75 bits per heavy atom. The van der Waals surface area contributed by atoms with Gasteiger partial charge >= 0.3 is 0 Å². The number of carbonyl (C=O) groups is 2. The Hall–Kier alpha value is -3.45. The normalized spacial score (nSPS) is 18.1. The fraction of sp³-hybridized carbons (Fsp3) is 0.310. The molecule has 0 spiro atoms. The van der Waals surface area contributed by atoms with Crippen LogP contribution in [0.5, 0.6) is 11.5 Å². The molecule has 6 nitrogen and oxygen atoms in total. The molecule has 7 heteroatoms. The minimum atomic E-state index is -0.566. The number of rotatable bonds is 7. The molecule has 0 bridgehead atoms. The second-order valence-corrected chi connectivity index (χ2v) is 9.72. The average Bonchev–Trinajstić information content (AvgIpc) is 2.89. The maximum Gasteiger partial charge on any atom is 0.254 e. The summed E-state index contributed by atoms with van der Waals surface area (Å²) in [5.74, 6) is 0.592. The SMILES string of the molecule is CCOc1cc2c(cc1OCC)[C@@H]1[C@@H](C(=O)Nc3cccc(SC)c3)c3ccccc3C(=O)N1CC2. The zero-order chi connectivity index (χ0) is 25.2. The van der Waals surface area contributed by atoms with Gasteiger partial charge in [-0.15, -0.1) is 11.8 Å². The third kappa shape index (κ3) is 4.32. The van der Waals surface area contributed by atoms with Crippen molar-refractivity contribution in [3.8, 4) is 11.5 Å². The van der Waals surface area contributed by atoms with Gasteiger partial charge < -0.3 is 19.7 Å². The molecule has 0 saturated carbocycles. The molecule has 2 aliphatic heterocycles. The second kappa shape index (κ2) is 10.3. The molecule has 0 aromatic heterocycles. The monoisotopic (exact) mass is 502 g/mol. The maximum atomic E-state index is 14.0. The van der Waals surface area contributed by atoms with Gasteiger partial charge in [-0.1, -0.05) is 24.3 Å². The van der Waals surface area contributed by atoms with E-state index < -0.39 is 12.0 Å². The molecule has 0 fully saturated rings. The number of thioether (sulfide) groups is 1. The van der Waals surface area contributed by atoms with Crippen LogP contribution in [0.15, 0.2) is 65.6 Å². The predicted octanol–water partition coefficient (Wildman–Crippen LogP) is 5.68. The Bertz CT molecular complexity index is 1310. The summed E-state index contributed by atoms with van der Waals surface area (Å²) in [5.41, 5.74) is 4.10. The summed E-state index contributed by atoms with van der Waals surface area (Å²) < 4.78 is 11.8. The molecule has 2 atom stereocenters. The molecule has 3 aromatic rings. The van der Waals surface area contributed by atoms with E-state index >= 15 is 0 Å². The van der Waals surface area contributed by atoms with Crippen LogP contribution < -0.4 is 14.8 Å². The lowest BCUT2D eigenvalue weighted by atomic mass is 9.75. The molecule has 36 heavy (non-hydrogen) atoms. The number of ether oxygens (including phenoxy) is 2. The topological polar surface area (TPSA) is 67.9 Å². The maximum absolute atomic E-state index is 14.0. The first-order valence-electron chi connectivity index (χ1n) is 12.3. The minimum absolute atomic E-state index is 0.0403. The van der Waals surface area contributed by atoms with Gasteiger partial charge in [0.15, 0.2) is 11.5 Å². The largest absolute Gasteiger partial charge is 0.490 e. The smallest absolute Gasteiger partial charge is 0.254 e. The number of anilines is 1. The highest BCUT2D eigenvalue weighted by Crippen LogP contribution is 2.48. The predicted molar refractivity (Wildman–Crippen MR) is 142 cm³/mol. The Morgan fingerprint density at radius 3 is 2.50 bits per heavy atom. The zero-order valence-corrected chi connectivity index (χ0v) is 21.6. The van der Waals surface area contributed by atoms with Gasteiger partial charge in [-0.05, 0) is 79.6 Å². The first-order chi connectivity index (χ1) is 17.5. The van der Waals surface area contributed by atoms with Crippen molar-refractivity contribution < 1.29 is 19.1 Å². The number of nitrogens with one attached hydrogen (secondary N) is 1. The minimum Gasteiger partial charge on any atom is -0.490 e. The van der Waals surface area contributed by atoms with Crippen LogP contribution >= 0.6 is 11.8 Å². The van der Waals surface area contributed by atoms with E-state index in [1.165, 1.54) is 0 Å². The number of carbonyl (C=O) groups excluding carboxylic acids is 2. The van der Waals surface area contributed by atoms with Crippen LogP contribution in [0.25, 0.3) is 0 Å². The molecule has 1 N–H and O–H groups in total. The summed E-state index contributed by atoms with van der Waals surface area (Å²) in [6.45, 7) is 5.43. The van der Waals surface area contributed by atoms with E-state index in [1.807, 2.05) is 85.7 Å². The lowest BCUT2D eigenvalue weighted by Gasteiger charge is -2.45. The zero-order valence-electron chi connectivity index (χ0n) is 20.7. The quantitative estimate of drug-likeness (QED) is 0.421. The van der Waals surface area contributed by atoms with E-state index in [0.29, 0.717) is 43.2 Å².